The maximum Gasteiger partial charge on any atom is 0.260 e. The van der Waals surface area contributed by atoms with Crippen molar-refractivity contribution in [2.75, 3.05) is 44.6 Å². The number of benzene rings is 1. The molecular formula is C18H21FN4O4. The average Bonchev–Trinajstić information content (AvgIpc) is 3.06. The van der Waals surface area contributed by atoms with Crippen molar-refractivity contribution in [1.82, 2.24) is 15.0 Å². The van der Waals surface area contributed by atoms with Crippen LogP contribution in [-0.4, -0.2) is 66.1 Å². The number of aryl methyl sites for hydroxylation is 1. The van der Waals surface area contributed by atoms with Crippen molar-refractivity contribution in [1.29, 1.82) is 0 Å². The Hall–Kier alpha value is -2.94. The average molecular weight is 376 g/mol. The number of amides is 2. The second-order valence-corrected chi connectivity index (χ2v) is 6.28. The van der Waals surface area contributed by atoms with Gasteiger partial charge >= 0.3 is 0 Å². The Bertz CT molecular complexity index is 785. The Kier molecular flexibility index (Phi) is 6.02. The molecule has 27 heavy (non-hydrogen) atoms. The predicted octanol–water partition coefficient (Wildman–Crippen LogP) is 1.28. The van der Waals surface area contributed by atoms with Crippen LogP contribution in [0.25, 0.3) is 0 Å². The Labute approximate surface area is 155 Å². The van der Waals surface area contributed by atoms with Crippen LogP contribution < -0.4 is 10.1 Å². The highest BCUT2D eigenvalue weighted by Crippen LogP contribution is 2.12. The summed E-state index contributed by atoms with van der Waals surface area (Å²) < 4.78 is 23.2. The first kappa shape index (κ1) is 18.8. The normalized spacial score (nSPS) is 14.8. The zero-order chi connectivity index (χ0) is 19.2. The molecule has 0 bridgehead atoms. The van der Waals surface area contributed by atoms with Gasteiger partial charge in [0.05, 0.1) is 12.2 Å². The van der Waals surface area contributed by atoms with Crippen molar-refractivity contribution in [2.24, 2.45) is 0 Å². The standard InChI is InChI=1S/C18H21FN4O4/c1-13-10-17(27-21-13)20-16(24)11-22-6-8-23(9-7-22)18(25)12-26-15-4-2-14(19)3-5-15/h2-5,10H,6-9,11-12H2,1H3,(H,20,24). The number of aromatic nitrogens is 1. The minimum atomic E-state index is -0.354. The lowest BCUT2D eigenvalue weighted by molar-refractivity contribution is -0.135. The van der Waals surface area contributed by atoms with E-state index < -0.39 is 0 Å². The number of piperazine rings is 1. The lowest BCUT2D eigenvalue weighted by Gasteiger charge is -2.34. The zero-order valence-corrected chi connectivity index (χ0v) is 15.0. The number of nitrogens with one attached hydrogen (secondary N) is 1. The molecule has 144 valence electrons. The van der Waals surface area contributed by atoms with Crippen LogP contribution in [0, 0.1) is 12.7 Å². The molecule has 0 atom stereocenters. The van der Waals surface area contributed by atoms with Crippen molar-refractivity contribution in [3.05, 3.63) is 41.8 Å². The fourth-order valence-electron chi connectivity index (χ4n) is 2.73. The highest BCUT2D eigenvalue weighted by molar-refractivity contribution is 5.91. The predicted molar refractivity (Wildman–Crippen MR) is 94.8 cm³/mol. The highest BCUT2D eigenvalue weighted by atomic mass is 19.1. The van der Waals surface area contributed by atoms with Crippen molar-refractivity contribution < 1.29 is 23.2 Å². The monoisotopic (exact) mass is 376 g/mol. The minimum Gasteiger partial charge on any atom is -0.484 e. The summed E-state index contributed by atoms with van der Waals surface area (Å²) in [7, 11) is 0. The molecule has 0 radical (unpaired) electrons. The molecule has 1 fully saturated rings. The lowest BCUT2D eigenvalue weighted by atomic mass is 10.3. The first-order valence-corrected chi connectivity index (χ1v) is 8.61. The Balaban J connectivity index is 1.38. The first-order valence-electron chi connectivity index (χ1n) is 8.61. The molecule has 0 aliphatic carbocycles. The van der Waals surface area contributed by atoms with Gasteiger partial charge in [-0.3, -0.25) is 19.8 Å². The van der Waals surface area contributed by atoms with E-state index in [0.29, 0.717) is 43.5 Å². The first-order chi connectivity index (χ1) is 13.0. The molecule has 0 unspecified atom stereocenters. The fraction of sp³-hybridized carbons (Fsp3) is 0.389. The summed E-state index contributed by atoms with van der Waals surface area (Å²) in [5.74, 6) is 0.0883. The number of nitrogens with zero attached hydrogens (tertiary/aromatic N) is 3. The number of hydrogen-bond donors (Lipinski definition) is 1. The second kappa shape index (κ2) is 8.63. The number of hydrogen-bond acceptors (Lipinski definition) is 6. The summed E-state index contributed by atoms with van der Waals surface area (Å²) >= 11 is 0. The number of carbonyl (C=O) groups is 2. The third kappa shape index (κ3) is 5.52. The van der Waals surface area contributed by atoms with Gasteiger partial charge in [0, 0.05) is 32.2 Å². The second-order valence-electron chi connectivity index (χ2n) is 6.28. The molecule has 1 saturated heterocycles. The maximum atomic E-state index is 12.9. The van der Waals surface area contributed by atoms with E-state index in [1.807, 2.05) is 4.90 Å². The van der Waals surface area contributed by atoms with Crippen molar-refractivity contribution in [3.8, 4) is 5.75 Å². The molecule has 9 heteroatoms. The summed E-state index contributed by atoms with van der Waals surface area (Å²) in [6.45, 7) is 4.09. The minimum absolute atomic E-state index is 0.100. The van der Waals surface area contributed by atoms with Crippen molar-refractivity contribution in [3.63, 3.8) is 0 Å². The van der Waals surface area contributed by atoms with Crippen LogP contribution in [0.2, 0.25) is 0 Å². The van der Waals surface area contributed by atoms with E-state index >= 15 is 0 Å². The van der Waals surface area contributed by atoms with E-state index in [4.69, 9.17) is 9.26 Å². The molecule has 8 nitrogen and oxygen atoms in total. The summed E-state index contributed by atoms with van der Waals surface area (Å²) in [4.78, 5) is 27.9. The van der Waals surface area contributed by atoms with Gasteiger partial charge in [-0.05, 0) is 31.2 Å². The van der Waals surface area contributed by atoms with Gasteiger partial charge in [0.1, 0.15) is 11.6 Å². The van der Waals surface area contributed by atoms with Gasteiger partial charge in [0.25, 0.3) is 5.91 Å². The molecule has 1 aromatic heterocycles. The third-order valence-corrected chi connectivity index (χ3v) is 4.16. The van der Waals surface area contributed by atoms with Crippen molar-refractivity contribution in [2.45, 2.75) is 6.92 Å². The van der Waals surface area contributed by atoms with E-state index in [-0.39, 0.29) is 30.8 Å². The molecule has 2 amide bonds. The van der Waals surface area contributed by atoms with E-state index in [9.17, 15) is 14.0 Å². The summed E-state index contributed by atoms with van der Waals surface area (Å²) in [5.41, 5.74) is 0.695. The molecule has 0 saturated carbocycles. The Morgan fingerprint density at radius 3 is 2.56 bits per heavy atom. The van der Waals surface area contributed by atoms with Crippen LogP contribution in [0.1, 0.15) is 5.69 Å². The largest absolute Gasteiger partial charge is 0.484 e. The summed E-state index contributed by atoms with van der Waals surface area (Å²) in [6.07, 6.45) is 0. The molecule has 1 aliphatic rings. The SMILES string of the molecule is Cc1cc(NC(=O)CN2CCN(C(=O)COc3ccc(F)cc3)CC2)on1. The van der Waals surface area contributed by atoms with Crippen LogP contribution >= 0.6 is 0 Å². The smallest absolute Gasteiger partial charge is 0.260 e. The molecule has 3 rings (SSSR count). The van der Waals surface area contributed by atoms with E-state index in [0.717, 1.165) is 0 Å². The van der Waals surface area contributed by atoms with Crippen LogP contribution in [-0.2, 0) is 9.59 Å². The third-order valence-electron chi connectivity index (χ3n) is 4.16. The zero-order valence-electron chi connectivity index (χ0n) is 15.0. The molecule has 2 aromatic rings. The van der Waals surface area contributed by atoms with Gasteiger partial charge < -0.3 is 14.2 Å². The number of halogens is 1. The van der Waals surface area contributed by atoms with E-state index in [1.165, 1.54) is 24.3 Å². The molecular weight excluding hydrogens is 355 g/mol. The van der Waals surface area contributed by atoms with Crippen LogP contribution in [0.3, 0.4) is 0 Å². The van der Waals surface area contributed by atoms with Gasteiger partial charge in [-0.2, -0.15) is 0 Å². The van der Waals surface area contributed by atoms with Gasteiger partial charge in [0.2, 0.25) is 11.8 Å². The summed E-state index contributed by atoms with van der Waals surface area (Å²) in [6, 6.07) is 7.17. The molecule has 1 aliphatic heterocycles. The molecule has 0 spiro atoms. The van der Waals surface area contributed by atoms with Gasteiger partial charge in [-0.1, -0.05) is 5.16 Å². The van der Waals surface area contributed by atoms with Gasteiger partial charge in [0.15, 0.2) is 6.61 Å². The number of anilines is 1. The molecule has 1 N–H and O–H groups in total. The van der Waals surface area contributed by atoms with E-state index in [2.05, 4.69) is 10.5 Å². The van der Waals surface area contributed by atoms with Gasteiger partial charge in [-0.15, -0.1) is 0 Å². The van der Waals surface area contributed by atoms with Crippen molar-refractivity contribution >= 4 is 17.7 Å². The van der Waals surface area contributed by atoms with Crippen LogP contribution in [0.4, 0.5) is 10.3 Å². The fourth-order valence-corrected chi connectivity index (χ4v) is 2.73. The van der Waals surface area contributed by atoms with Gasteiger partial charge in [-0.25, -0.2) is 4.39 Å². The number of ether oxygens (including phenoxy) is 1. The number of rotatable bonds is 6. The Morgan fingerprint density at radius 2 is 1.93 bits per heavy atom. The highest BCUT2D eigenvalue weighted by Gasteiger charge is 2.23. The molecule has 1 aromatic carbocycles. The van der Waals surface area contributed by atoms with Crippen LogP contribution in [0.15, 0.2) is 34.9 Å². The number of carbonyl (C=O) groups excluding carboxylic acids is 2. The van der Waals surface area contributed by atoms with Crippen LogP contribution in [0.5, 0.6) is 5.75 Å². The maximum absolute atomic E-state index is 12.9. The Morgan fingerprint density at radius 1 is 1.22 bits per heavy atom. The quantitative estimate of drug-likeness (QED) is 0.817. The topological polar surface area (TPSA) is 87.9 Å². The summed E-state index contributed by atoms with van der Waals surface area (Å²) in [5, 5.41) is 6.36. The lowest BCUT2D eigenvalue weighted by Crippen LogP contribution is -2.51. The van der Waals surface area contributed by atoms with E-state index in [1.54, 1.807) is 17.9 Å². The molecule has 2 heterocycles.